The van der Waals surface area contributed by atoms with Crippen LogP contribution in [0.5, 0.6) is 0 Å². The molecule has 0 aromatic rings. The molecule has 4 heteroatoms. The van der Waals surface area contributed by atoms with E-state index < -0.39 is 5.97 Å². The first kappa shape index (κ1) is 15.4. The summed E-state index contributed by atoms with van der Waals surface area (Å²) in [5.74, 6) is -1.02. The molecular weight excluding hydrogens is 204 g/mol. The lowest BCUT2D eigenvalue weighted by molar-refractivity contribution is -0.143. The molecule has 0 rings (SSSR count). The fraction of sp³-hybridized carbons (Fsp3) is 0.917. The average Bonchev–Trinajstić information content (AvgIpc) is 2.21. The van der Waals surface area contributed by atoms with E-state index in [4.69, 9.17) is 5.11 Å². The first-order valence-corrected chi connectivity index (χ1v) is 6.01. The Balaban J connectivity index is 4.11. The summed E-state index contributed by atoms with van der Waals surface area (Å²) in [6.45, 7) is 8.78. The van der Waals surface area contributed by atoms with Crippen LogP contribution >= 0.6 is 0 Å². The van der Waals surface area contributed by atoms with Crippen molar-refractivity contribution in [3.8, 4) is 0 Å². The summed E-state index contributed by atoms with van der Waals surface area (Å²) in [6.07, 6.45) is 1.08. The highest BCUT2D eigenvalue weighted by Gasteiger charge is 2.23. The average molecular weight is 230 g/mol. The predicted octanol–water partition coefficient (Wildman–Crippen LogP) is 1.37. The Morgan fingerprint density at radius 1 is 1.25 bits per heavy atom. The third-order valence-electron chi connectivity index (χ3n) is 3.15. The van der Waals surface area contributed by atoms with Crippen LogP contribution in [0.3, 0.4) is 0 Å². The third-order valence-corrected chi connectivity index (χ3v) is 3.15. The molecule has 0 saturated heterocycles. The number of aliphatic carboxylic acids is 1. The van der Waals surface area contributed by atoms with E-state index in [0.717, 1.165) is 26.1 Å². The smallest absolute Gasteiger partial charge is 0.307 e. The van der Waals surface area contributed by atoms with Crippen LogP contribution in [0.15, 0.2) is 0 Å². The topological polar surface area (TPSA) is 43.8 Å². The van der Waals surface area contributed by atoms with Crippen LogP contribution in [-0.2, 0) is 4.79 Å². The molecule has 2 atom stereocenters. The van der Waals surface area contributed by atoms with Gasteiger partial charge in [-0.1, -0.05) is 13.8 Å². The standard InChI is InChI=1S/C12H26N2O2/c1-6-14(9-7-8-13(4)5)11(3)10(2)12(15)16/h10-11H,6-9H2,1-5H3,(H,15,16). The van der Waals surface area contributed by atoms with Gasteiger partial charge in [0.1, 0.15) is 0 Å². The van der Waals surface area contributed by atoms with Gasteiger partial charge in [-0.05, 0) is 47.1 Å². The molecule has 0 saturated carbocycles. The summed E-state index contributed by atoms with van der Waals surface area (Å²) in [5, 5.41) is 8.98. The maximum Gasteiger partial charge on any atom is 0.307 e. The second-order valence-electron chi connectivity index (χ2n) is 4.65. The summed E-state index contributed by atoms with van der Waals surface area (Å²) in [5.41, 5.74) is 0. The van der Waals surface area contributed by atoms with E-state index in [1.54, 1.807) is 6.92 Å². The van der Waals surface area contributed by atoms with Gasteiger partial charge in [0.25, 0.3) is 0 Å². The minimum atomic E-state index is -0.710. The summed E-state index contributed by atoms with van der Waals surface area (Å²) < 4.78 is 0. The molecule has 0 amide bonds. The van der Waals surface area contributed by atoms with Gasteiger partial charge in [0, 0.05) is 6.04 Å². The molecular formula is C12H26N2O2. The maximum absolute atomic E-state index is 10.9. The highest BCUT2D eigenvalue weighted by molar-refractivity contribution is 5.70. The molecule has 0 aliphatic carbocycles. The third kappa shape index (κ3) is 5.47. The highest BCUT2D eigenvalue weighted by atomic mass is 16.4. The SMILES string of the molecule is CCN(CCCN(C)C)C(C)C(C)C(=O)O. The first-order valence-electron chi connectivity index (χ1n) is 6.01. The van der Waals surface area contributed by atoms with Crippen molar-refractivity contribution in [2.45, 2.75) is 33.2 Å². The number of nitrogens with zero attached hydrogens (tertiary/aromatic N) is 2. The largest absolute Gasteiger partial charge is 0.481 e. The quantitative estimate of drug-likeness (QED) is 0.684. The number of carboxylic acids is 1. The van der Waals surface area contributed by atoms with Gasteiger partial charge in [0.2, 0.25) is 0 Å². The normalized spacial score (nSPS) is 15.4. The Morgan fingerprint density at radius 2 is 1.81 bits per heavy atom. The van der Waals surface area contributed by atoms with Gasteiger partial charge in [0.15, 0.2) is 0 Å². The van der Waals surface area contributed by atoms with Crippen molar-refractivity contribution in [1.29, 1.82) is 0 Å². The molecule has 0 heterocycles. The molecule has 2 unspecified atom stereocenters. The molecule has 1 N–H and O–H groups in total. The second kappa shape index (κ2) is 7.63. The molecule has 0 spiro atoms. The van der Waals surface area contributed by atoms with Crippen LogP contribution in [0.2, 0.25) is 0 Å². The highest BCUT2D eigenvalue weighted by Crippen LogP contribution is 2.11. The van der Waals surface area contributed by atoms with Crippen LogP contribution in [0.1, 0.15) is 27.2 Å². The number of hydrogen-bond donors (Lipinski definition) is 1. The van der Waals surface area contributed by atoms with Gasteiger partial charge >= 0.3 is 5.97 Å². The lowest BCUT2D eigenvalue weighted by Crippen LogP contribution is -2.41. The summed E-state index contributed by atoms with van der Waals surface area (Å²) in [6, 6.07) is 0.102. The number of carbonyl (C=O) groups is 1. The monoisotopic (exact) mass is 230 g/mol. The van der Waals surface area contributed by atoms with E-state index in [1.165, 1.54) is 0 Å². The van der Waals surface area contributed by atoms with E-state index >= 15 is 0 Å². The maximum atomic E-state index is 10.9. The Bertz CT molecular complexity index is 207. The minimum absolute atomic E-state index is 0.102. The van der Waals surface area contributed by atoms with E-state index in [0.29, 0.717) is 0 Å². The molecule has 0 bridgehead atoms. The van der Waals surface area contributed by atoms with Crippen molar-refractivity contribution in [2.24, 2.45) is 5.92 Å². The minimum Gasteiger partial charge on any atom is -0.481 e. The van der Waals surface area contributed by atoms with E-state index in [2.05, 4.69) is 30.8 Å². The molecule has 0 fully saturated rings. The van der Waals surface area contributed by atoms with Crippen molar-refractivity contribution in [3.05, 3.63) is 0 Å². The number of hydrogen-bond acceptors (Lipinski definition) is 3. The van der Waals surface area contributed by atoms with Crippen LogP contribution in [-0.4, -0.2) is 60.6 Å². The summed E-state index contributed by atoms with van der Waals surface area (Å²) in [7, 11) is 4.11. The molecule has 0 aromatic carbocycles. The summed E-state index contributed by atoms with van der Waals surface area (Å²) >= 11 is 0. The molecule has 0 aliphatic rings. The molecule has 0 radical (unpaired) electrons. The Hall–Kier alpha value is -0.610. The Labute approximate surface area is 99.2 Å². The molecule has 0 aromatic heterocycles. The zero-order valence-electron chi connectivity index (χ0n) is 11.2. The lowest BCUT2D eigenvalue weighted by atomic mass is 10.0. The Kier molecular flexibility index (Phi) is 7.34. The number of rotatable bonds is 8. The zero-order chi connectivity index (χ0) is 12.7. The van der Waals surface area contributed by atoms with E-state index in [9.17, 15) is 4.79 Å². The molecule has 4 nitrogen and oxygen atoms in total. The van der Waals surface area contributed by atoms with Crippen molar-refractivity contribution in [3.63, 3.8) is 0 Å². The fourth-order valence-electron chi connectivity index (χ4n) is 1.76. The lowest BCUT2D eigenvalue weighted by Gasteiger charge is -2.30. The van der Waals surface area contributed by atoms with E-state index in [-0.39, 0.29) is 12.0 Å². The van der Waals surface area contributed by atoms with Crippen molar-refractivity contribution < 1.29 is 9.90 Å². The van der Waals surface area contributed by atoms with Gasteiger partial charge in [-0.2, -0.15) is 0 Å². The van der Waals surface area contributed by atoms with Gasteiger partial charge in [0.05, 0.1) is 5.92 Å². The van der Waals surface area contributed by atoms with Crippen LogP contribution in [0.25, 0.3) is 0 Å². The predicted molar refractivity (Wildman–Crippen MR) is 66.7 cm³/mol. The van der Waals surface area contributed by atoms with Crippen molar-refractivity contribution in [1.82, 2.24) is 9.80 Å². The molecule has 16 heavy (non-hydrogen) atoms. The van der Waals surface area contributed by atoms with Crippen LogP contribution in [0, 0.1) is 5.92 Å². The molecule has 0 aliphatic heterocycles. The molecule has 96 valence electrons. The van der Waals surface area contributed by atoms with Gasteiger partial charge in [-0.15, -0.1) is 0 Å². The van der Waals surface area contributed by atoms with Gasteiger partial charge in [-0.25, -0.2) is 0 Å². The van der Waals surface area contributed by atoms with Crippen molar-refractivity contribution >= 4 is 5.97 Å². The fourth-order valence-corrected chi connectivity index (χ4v) is 1.76. The van der Waals surface area contributed by atoms with Crippen molar-refractivity contribution in [2.75, 3.05) is 33.7 Å². The summed E-state index contributed by atoms with van der Waals surface area (Å²) in [4.78, 5) is 15.3. The van der Waals surface area contributed by atoms with Crippen LogP contribution in [0.4, 0.5) is 0 Å². The second-order valence-corrected chi connectivity index (χ2v) is 4.65. The Morgan fingerprint density at radius 3 is 2.19 bits per heavy atom. The van der Waals surface area contributed by atoms with Gasteiger partial charge in [-0.3, -0.25) is 4.79 Å². The zero-order valence-corrected chi connectivity index (χ0v) is 11.2. The number of carboxylic acid groups (broad SMARTS) is 1. The van der Waals surface area contributed by atoms with Gasteiger partial charge < -0.3 is 14.9 Å². The van der Waals surface area contributed by atoms with Crippen LogP contribution < -0.4 is 0 Å². The van der Waals surface area contributed by atoms with E-state index in [1.807, 2.05) is 6.92 Å². The first-order chi connectivity index (χ1) is 7.40.